The van der Waals surface area contributed by atoms with Crippen LogP contribution >= 0.6 is 0 Å². The Morgan fingerprint density at radius 3 is 2.59 bits per heavy atom. The average Bonchev–Trinajstić information content (AvgIpc) is 3.21. The van der Waals surface area contributed by atoms with E-state index in [0.29, 0.717) is 24.5 Å². The number of hydrogen-bond acceptors (Lipinski definition) is 6. The first-order chi connectivity index (χ1) is 13.9. The van der Waals surface area contributed by atoms with Gasteiger partial charge in [-0.3, -0.25) is 9.59 Å². The molecule has 3 aromatic rings. The maximum atomic E-state index is 12.9. The van der Waals surface area contributed by atoms with E-state index >= 15 is 0 Å². The molecular weight excluding hydrogens is 370 g/mol. The van der Waals surface area contributed by atoms with Gasteiger partial charge in [0.15, 0.2) is 0 Å². The maximum absolute atomic E-state index is 12.9. The first kappa shape index (κ1) is 20.5. The first-order valence-corrected chi connectivity index (χ1v) is 9.37. The zero-order valence-electron chi connectivity index (χ0n) is 17.0. The van der Waals surface area contributed by atoms with Gasteiger partial charge in [0.2, 0.25) is 12.2 Å². The van der Waals surface area contributed by atoms with E-state index in [4.69, 9.17) is 4.52 Å². The van der Waals surface area contributed by atoms with Gasteiger partial charge in [-0.25, -0.2) is 0 Å². The molecule has 1 amide bonds. The molecule has 2 aromatic heterocycles. The summed E-state index contributed by atoms with van der Waals surface area (Å²) in [4.78, 5) is 31.7. The average molecular weight is 395 g/mol. The Bertz CT molecular complexity index is 1020. The summed E-state index contributed by atoms with van der Waals surface area (Å²) >= 11 is 0. The van der Waals surface area contributed by atoms with E-state index in [-0.39, 0.29) is 23.1 Å². The fourth-order valence-electron chi connectivity index (χ4n) is 3.22. The molecule has 0 aliphatic heterocycles. The minimum absolute atomic E-state index is 0.0395. The van der Waals surface area contributed by atoms with Crippen LogP contribution in [0.2, 0.25) is 0 Å². The predicted octanol–water partition coefficient (Wildman–Crippen LogP) is 2.26. The zero-order chi connectivity index (χ0) is 21.0. The number of rotatable bonds is 7. The fraction of sp³-hybridized carbons (Fsp3) is 0.333. The van der Waals surface area contributed by atoms with Crippen LogP contribution in [0.25, 0.3) is 11.4 Å². The van der Waals surface area contributed by atoms with Crippen LogP contribution in [0.15, 0.2) is 52.2 Å². The zero-order valence-corrected chi connectivity index (χ0v) is 17.0. The van der Waals surface area contributed by atoms with E-state index in [1.807, 2.05) is 56.3 Å². The Kier molecular flexibility index (Phi) is 6.23. The Morgan fingerprint density at radius 1 is 1.24 bits per heavy atom. The van der Waals surface area contributed by atoms with Gasteiger partial charge in [-0.2, -0.15) is 4.98 Å². The molecule has 0 saturated carbocycles. The molecule has 1 unspecified atom stereocenters. The van der Waals surface area contributed by atoms with Crippen molar-refractivity contribution in [2.45, 2.75) is 26.4 Å². The monoisotopic (exact) mass is 395 g/mol. The number of carbonyl (C=O) groups excluding carboxylic acids is 1. The molecule has 29 heavy (non-hydrogen) atoms. The first-order valence-electron chi connectivity index (χ1n) is 9.37. The molecule has 8 heteroatoms. The topological polar surface area (TPSA) is 93.3 Å². The molecule has 1 aromatic carbocycles. The second-order valence-corrected chi connectivity index (χ2v) is 7.33. The van der Waals surface area contributed by atoms with Crippen LogP contribution in [0.1, 0.15) is 34.5 Å². The summed E-state index contributed by atoms with van der Waals surface area (Å²) in [6.45, 7) is 4.75. The third kappa shape index (κ3) is 4.78. The van der Waals surface area contributed by atoms with Crippen molar-refractivity contribution < 1.29 is 9.32 Å². The summed E-state index contributed by atoms with van der Waals surface area (Å²) in [5, 5.41) is 6.64. The predicted molar refractivity (Wildman–Crippen MR) is 110 cm³/mol. The Balaban J connectivity index is 1.73. The van der Waals surface area contributed by atoms with Crippen molar-refractivity contribution in [3.05, 3.63) is 70.0 Å². The number of aromatic nitrogens is 3. The molecule has 1 N–H and O–H groups in total. The summed E-state index contributed by atoms with van der Waals surface area (Å²) in [6, 6.07) is 9.24. The summed E-state index contributed by atoms with van der Waals surface area (Å²) < 4.78 is 6.36. The van der Waals surface area contributed by atoms with Gasteiger partial charge in [0.05, 0.1) is 0 Å². The molecule has 3 rings (SSSR count). The second kappa shape index (κ2) is 8.83. The fourth-order valence-corrected chi connectivity index (χ4v) is 3.22. The molecule has 0 bridgehead atoms. The lowest BCUT2D eigenvalue weighted by Crippen LogP contribution is -2.36. The van der Waals surface area contributed by atoms with Crippen molar-refractivity contribution in [2.75, 3.05) is 20.6 Å². The van der Waals surface area contributed by atoms with Crippen LogP contribution in [0.3, 0.4) is 0 Å². The molecule has 0 aliphatic carbocycles. The van der Waals surface area contributed by atoms with Crippen molar-refractivity contribution in [3.63, 3.8) is 0 Å². The van der Waals surface area contributed by atoms with E-state index in [0.717, 1.165) is 11.1 Å². The minimum atomic E-state index is -0.374. The van der Waals surface area contributed by atoms with Crippen molar-refractivity contribution >= 4 is 5.91 Å². The Hall–Kier alpha value is -3.26. The smallest absolute Gasteiger partial charge is 0.263 e. The summed E-state index contributed by atoms with van der Waals surface area (Å²) in [6.07, 6.45) is 3.02. The summed E-state index contributed by atoms with van der Waals surface area (Å²) in [5.74, 6) is 0.133. The van der Waals surface area contributed by atoms with Crippen LogP contribution < -0.4 is 10.9 Å². The molecule has 0 radical (unpaired) electrons. The highest BCUT2D eigenvalue weighted by Crippen LogP contribution is 2.15. The SMILES string of the molecule is Cc1ccn(C(C)CN(C)C)c(=O)c1C(=O)NCc1ccc(-c2ncon2)cc1. The number of amides is 1. The van der Waals surface area contributed by atoms with Gasteiger partial charge in [0.25, 0.3) is 11.5 Å². The van der Waals surface area contributed by atoms with Gasteiger partial charge >= 0.3 is 0 Å². The quantitative estimate of drug-likeness (QED) is 0.660. The Morgan fingerprint density at radius 2 is 1.97 bits per heavy atom. The van der Waals surface area contributed by atoms with Crippen LogP contribution in [0.5, 0.6) is 0 Å². The lowest BCUT2D eigenvalue weighted by molar-refractivity contribution is 0.0948. The Labute approximate surface area is 169 Å². The van der Waals surface area contributed by atoms with Gasteiger partial charge in [-0.15, -0.1) is 0 Å². The molecule has 0 aliphatic rings. The summed E-state index contributed by atoms with van der Waals surface area (Å²) in [7, 11) is 3.90. The number of nitrogens with zero attached hydrogens (tertiary/aromatic N) is 4. The van der Waals surface area contributed by atoms with Crippen LogP contribution in [0, 0.1) is 6.92 Å². The van der Waals surface area contributed by atoms with E-state index in [1.165, 1.54) is 6.39 Å². The normalized spacial score (nSPS) is 12.2. The van der Waals surface area contributed by atoms with E-state index in [2.05, 4.69) is 15.5 Å². The molecule has 8 nitrogen and oxygen atoms in total. The van der Waals surface area contributed by atoms with Crippen molar-refractivity contribution in [3.8, 4) is 11.4 Å². The standard InChI is InChI=1S/C21H25N5O3/c1-14-9-10-26(15(2)12-25(3)4)21(28)18(14)20(27)22-11-16-5-7-17(8-6-16)19-23-13-29-24-19/h5-10,13,15H,11-12H2,1-4H3,(H,22,27). The molecule has 2 heterocycles. The molecule has 152 valence electrons. The number of aryl methyl sites for hydroxylation is 1. The number of hydrogen-bond donors (Lipinski definition) is 1. The number of nitrogens with one attached hydrogen (secondary N) is 1. The van der Waals surface area contributed by atoms with Crippen LogP contribution in [0.4, 0.5) is 0 Å². The van der Waals surface area contributed by atoms with Gasteiger partial charge in [-0.1, -0.05) is 29.4 Å². The van der Waals surface area contributed by atoms with Crippen molar-refractivity contribution in [1.29, 1.82) is 0 Å². The molecule has 0 saturated heterocycles. The highest BCUT2D eigenvalue weighted by Gasteiger charge is 2.18. The third-order valence-corrected chi connectivity index (χ3v) is 4.69. The van der Waals surface area contributed by atoms with Gasteiger partial charge in [0, 0.05) is 30.9 Å². The van der Waals surface area contributed by atoms with Crippen LogP contribution in [-0.4, -0.2) is 46.2 Å². The lowest BCUT2D eigenvalue weighted by atomic mass is 10.1. The largest absolute Gasteiger partial charge is 0.348 e. The molecule has 0 spiro atoms. The second-order valence-electron chi connectivity index (χ2n) is 7.33. The minimum Gasteiger partial charge on any atom is -0.348 e. The van der Waals surface area contributed by atoms with Gasteiger partial charge in [0.1, 0.15) is 5.56 Å². The molecule has 0 fully saturated rings. The number of carbonyl (C=O) groups is 1. The highest BCUT2D eigenvalue weighted by molar-refractivity contribution is 5.95. The molecule has 1 atom stereocenters. The van der Waals surface area contributed by atoms with Crippen molar-refractivity contribution in [1.82, 2.24) is 24.9 Å². The van der Waals surface area contributed by atoms with Crippen molar-refractivity contribution in [2.24, 2.45) is 0 Å². The van der Waals surface area contributed by atoms with E-state index in [9.17, 15) is 9.59 Å². The van der Waals surface area contributed by atoms with Crippen LogP contribution in [-0.2, 0) is 6.54 Å². The lowest BCUT2D eigenvalue weighted by Gasteiger charge is -2.20. The number of benzene rings is 1. The number of likely N-dealkylation sites (N-methyl/N-ethyl adjacent to an activating group) is 1. The summed E-state index contributed by atoms with van der Waals surface area (Å²) in [5.41, 5.74) is 2.30. The van der Waals surface area contributed by atoms with Gasteiger partial charge < -0.3 is 19.3 Å². The van der Waals surface area contributed by atoms with Gasteiger partial charge in [-0.05, 0) is 45.1 Å². The third-order valence-electron chi connectivity index (χ3n) is 4.69. The van der Waals surface area contributed by atoms with E-state index in [1.54, 1.807) is 17.7 Å². The molecular formula is C21H25N5O3. The number of pyridine rings is 1. The maximum Gasteiger partial charge on any atom is 0.263 e. The van der Waals surface area contributed by atoms with E-state index < -0.39 is 0 Å². The highest BCUT2D eigenvalue weighted by atomic mass is 16.5.